The Labute approximate surface area is 136 Å². The average Bonchev–Trinajstić information content (AvgIpc) is 2.56. The molecule has 0 radical (unpaired) electrons. The van der Waals surface area contributed by atoms with Crippen molar-refractivity contribution in [1.82, 2.24) is 9.97 Å². The molecular weight excluding hydrogens is 290 g/mol. The van der Waals surface area contributed by atoms with Crippen molar-refractivity contribution in [3.63, 3.8) is 0 Å². The number of rotatable bonds is 3. The van der Waals surface area contributed by atoms with Crippen LogP contribution in [0.2, 0.25) is 0 Å². The highest BCUT2D eigenvalue weighted by atomic mass is 16.3. The molecule has 0 saturated carbocycles. The third kappa shape index (κ3) is 3.35. The number of hydrogen-bond donors (Lipinski definition) is 2. The first-order valence-electron chi connectivity index (χ1n) is 8.03. The normalized spacial score (nSPS) is 18.7. The van der Waals surface area contributed by atoms with Crippen molar-refractivity contribution in [3.8, 4) is 0 Å². The summed E-state index contributed by atoms with van der Waals surface area (Å²) in [7, 11) is 0. The number of aromatic nitrogens is 2. The van der Waals surface area contributed by atoms with E-state index in [0.717, 1.165) is 17.1 Å². The molecule has 23 heavy (non-hydrogen) atoms. The lowest BCUT2D eigenvalue weighted by Gasteiger charge is -2.38. The molecule has 0 spiro atoms. The summed E-state index contributed by atoms with van der Waals surface area (Å²) in [6, 6.07) is 9.58. The van der Waals surface area contributed by atoms with Gasteiger partial charge in [-0.3, -0.25) is 4.98 Å². The number of pyridine rings is 2. The van der Waals surface area contributed by atoms with E-state index in [1.54, 1.807) is 13.1 Å². The van der Waals surface area contributed by atoms with Crippen molar-refractivity contribution in [1.29, 1.82) is 0 Å². The monoisotopic (exact) mass is 313 g/mol. The van der Waals surface area contributed by atoms with Crippen LogP contribution in [0.3, 0.4) is 0 Å². The van der Waals surface area contributed by atoms with Crippen LogP contribution in [-0.4, -0.2) is 33.3 Å². The van der Waals surface area contributed by atoms with Crippen molar-refractivity contribution in [2.24, 2.45) is 0 Å². The zero-order valence-electron chi connectivity index (χ0n) is 13.6. The van der Waals surface area contributed by atoms with Gasteiger partial charge < -0.3 is 15.1 Å². The summed E-state index contributed by atoms with van der Waals surface area (Å²) < 4.78 is 0. The number of aliphatic hydroxyl groups excluding tert-OH is 1. The SMILES string of the molecule is Cc1ccc(C2(O)CCN(c3cccc([C@@H](C)O)n3)CC2)nc1. The first-order valence-corrected chi connectivity index (χ1v) is 8.03. The Hall–Kier alpha value is -1.98. The van der Waals surface area contributed by atoms with Crippen LogP contribution >= 0.6 is 0 Å². The fraction of sp³-hybridized carbons (Fsp3) is 0.444. The maximum atomic E-state index is 10.9. The average molecular weight is 313 g/mol. The molecule has 0 unspecified atom stereocenters. The molecule has 3 heterocycles. The van der Waals surface area contributed by atoms with E-state index < -0.39 is 11.7 Å². The molecule has 0 aliphatic carbocycles. The summed E-state index contributed by atoms with van der Waals surface area (Å²) in [5.74, 6) is 0.849. The fourth-order valence-corrected chi connectivity index (χ4v) is 2.95. The molecule has 1 saturated heterocycles. The zero-order chi connectivity index (χ0) is 16.4. The highest BCUT2D eigenvalue weighted by Crippen LogP contribution is 2.33. The highest BCUT2D eigenvalue weighted by Gasteiger charge is 2.35. The van der Waals surface area contributed by atoms with Crippen LogP contribution in [0, 0.1) is 6.92 Å². The Bertz CT molecular complexity index is 662. The first kappa shape index (κ1) is 15.9. The largest absolute Gasteiger partial charge is 0.387 e. The molecule has 0 aromatic carbocycles. The number of piperidine rings is 1. The van der Waals surface area contributed by atoms with Crippen molar-refractivity contribution in [2.75, 3.05) is 18.0 Å². The molecule has 0 bridgehead atoms. The number of aryl methyl sites for hydroxylation is 1. The van der Waals surface area contributed by atoms with E-state index in [-0.39, 0.29) is 0 Å². The van der Waals surface area contributed by atoms with E-state index in [1.807, 2.05) is 37.3 Å². The topological polar surface area (TPSA) is 69.5 Å². The molecule has 3 rings (SSSR count). The number of nitrogens with zero attached hydrogens (tertiary/aromatic N) is 3. The van der Waals surface area contributed by atoms with Crippen LogP contribution in [0.25, 0.3) is 0 Å². The minimum Gasteiger partial charge on any atom is -0.387 e. The predicted octanol–water partition coefficient (Wildman–Crippen LogP) is 2.33. The molecular formula is C18H23N3O2. The molecule has 0 amide bonds. The minimum absolute atomic E-state index is 0.576. The van der Waals surface area contributed by atoms with Crippen LogP contribution in [-0.2, 0) is 5.60 Å². The lowest BCUT2D eigenvalue weighted by molar-refractivity contribution is 0.00746. The van der Waals surface area contributed by atoms with E-state index in [2.05, 4.69) is 14.9 Å². The van der Waals surface area contributed by atoms with Crippen molar-refractivity contribution in [2.45, 2.75) is 38.4 Å². The Morgan fingerprint density at radius 3 is 2.52 bits per heavy atom. The lowest BCUT2D eigenvalue weighted by Crippen LogP contribution is -2.43. The first-order chi connectivity index (χ1) is 11.0. The second-order valence-corrected chi connectivity index (χ2v) is 6.34. The molecule has 1 aliphatic heterocycles. The van der Waals surface area contributed by atoms with Gasteiger partial charge in [-0.2, -0.15) is 0 Å². The van der Waals surface area contributed by atoms with E-state index in [0.29, 0.717) is 31.6 Å². The smallest absolute Gasteiger partial charge is 0.128 e. The van der Waals surface area contributed by atoms with Gasteiger partial charge in [0.1, 0.15) is 11.4 Å². The van der Waals surface area contributed by atoms with E-state index in [4.69, 9.17) is 0 Å². The van der Waals surface area contributed by atoms with Crippen LogP contribution in [0.1, 0.15) is 42.8 Å². The summed E-state index contributed by atoms with van der Waals surface area (Å²) in [6.45, 7) is 5.12. The van der Waals surface area contributed by atoms with E-state index in [9.17, 15) is 10.2 Å². The number of aliphatic hydroxyl groups is 2. The van der Waals surface area contributed by atoms with E-state index >= 15 is 0 Å². The van der Waals surface area contributed by atoms with Gasteiger partial charge in [0.2, 0.25) is 0 Å². The van der Waals surface area contributed by atoms with Gasteiger partial charge in [0.05, 0.1) is 17.5 Å². The fourth-order valence-electron chi connectivity index (χ4n) is 2.95. The Balaban J connectivity index is 1.73. The van der Waals surface area contributed by atoms with Gasteiger partial charge in [-0.15, -0.1) is 0 Å². The number of anilines is 1. The summed E-state index contributed by atoms with van der Waals surface area (Å²) in [6.07, 6.45) is 2.45. The Kier molecular flexibility index (Phi) is 4.33. The second-order valence-electron chi connectivity index (χ2n) is 6.34. The van der Waals surface area contributed by atoms with Crippen molar-refractivity contribution in [3.05, 3.63) is 53.5 Å². The summed E-state index contributed by atoms with van der Waals surface area (Å²) in [5, 5.41) is 20.6. The van der Waals surface area contributed by atoms with Gasteiger partial charge in [0.15, 0.2) is 0 Å². The Morgan fingerprint density at radius 1 is 1.17 bits per heavy atom. The van der Waals surface area contributed by atoms with Crippen LogP contribution in [0.15, 0.2) is 36.5 Å². The molecule has 1 atom stereocenters. The highest BCUT2D eigenvalue weighted by molar-refractivity contribution is 5.40. The summed E-state index contributed by atoms with van der Waals surface area (Å²) >= 11 is 0. The zero-order valence-corrected chi connectivity index (χ0v) is 13.6. The predicted molar refractivity (Wildman–Crippen MR) is 89.2 cm³/mol. The molecule has 2 N–H and O–H groups in total. The van der Waals surface area contributed by atoms with Crippen LogP contribution < -0.4 is 4.90 Å². The summed E-state index contributed by atoms with van der Waals surface area (Å²) in [5.41, 5.74) is 1.64. The van der Waals surface area contributed by atoms with Crippen LogP contribution in [0.5, 0.6) is 0 Å². The van der Waals surface area contributed by atoms with Gasteiger partial charge in [0.25, 0.3) is 0 Å². The molecule has 2 aromatic heterocycles. The maximum absolute atomic E-state index is 10.9. The third-order valence-electron chi connectivity index (χ3n) is 4.49. The van der Waals surface area contributed by atoms with Gasteiger partial charge >= 0.3 is 0 Å². The molecule has 1 fully saturated rings. The van der Waals surface area contributed by atoms with Crippen molar-refractivity contribution < 1.29 is 10.2 Å². The van der Waals surface area contributed by atoms with Gasteiger partial charge in [-0.05, 0) is 50.5 Å². The minimum atomic E-state index is -0.869. The Morgan fingerprint density at radius 2 is 1.91 bits per heavy atom. The molecule has 1 aliphatic rings. The summed E-state index contributed by atoms with van der Waals surface area (Å²) in [4.78, 5) is 11.0. The standard InChI is InChI=1S/C18H23N3O2/c1-13-6-7-16(19-12-13)18(23)8-10-21(11-9-18)17-5-3-4-15(20-17)14(2)22/h3-7,12,14,22-23H,8-11H2,1-2H3/t14-/m1/s1. The molecule has 5 nitrogen and oxygen atoms in total. The maximum Gasteiger partial charge on any atom is 0.128 e. The lowest BCUT2D eigenvalue weighted by atomic mass is 9.87. The molecule has 5 heteroatoms. The quantitative estimate of drug-likeness (QED) is 0.910. The van der Waals surface area contributed by atoms with Gasteiger partial charge in [0, 0.05) is 19.3 Å². The van der Waals surface area contributed by atoms with Crippen LogP contribution in [0.4, 0.5) is 5.82 Å². The molecule has 2 aromatic rings. The molecule has 122 valence electrons. The second kappa shape index (κ2) is 6.26. The number of hydrogen-bond acceptors (Lipinski definition) is 5. The van der Waals surface area contributed by atoms with Crippen molar-refractivity contribution >= 4 is 5.82 Å². The van der Waals surface area contributed by atoms with Gasteiger partial charge in [-0.25, -0.2) is 4.98 Å². The van der Waals surface area contributed by atoms with E-state index in [1.165, 1.54) is 0 Å². The third-order valence-corrected chi connectivity index (χ3v) is 4.49. The van der Waals surface area contributed by atoms with Gasteiger partial charge in [-0.1, -0.05) is 12.1 Å².